The van der Waals surface area contributed by atoms with Crippen molar-refractivity contribution in [1.82, 2.24) is 15.2 Å². The number of carbonyl (C=O) groups excluding carboxylic acids is 1. The molecule has 1 amide bonds. The molecule has 1 aliphatic heterocycles. The van der Waals surface area contributed by atoms with E-state index in [2.05, 4.69) is 15.2 Å². The van der Waals surface area contributed by atoms with Crippen molar-refractivity contribution in [1.29, 1.82) is 0 Å². The Balaban J connectivity index is 1.37. The molecule has 1 unspecified atom stereocenters. The molecule has 4 rings (SSSR count). The van der Waals surface area contributed by atoms with Crippen LogP contribution in [0.1, 0.15) is 27.1 Å². The quantitative estimate of drug-likeness (QED) is 0.488. The Morgan fingerprint density at radius 2 is 1.85 bits per heavy atom. The maximum absolute atomic E-state index is 12.8. The average Bonchev–Trinajstić information content (AvgIpc) is 3.34. The van der Waals surface area contributed by atoms with Gasteiger partial charge in [0.2, 0.25) is 0 Å². The van der Waals surface area contributed by atoms with Crippen LogP contribution in [0.5, 0.6) is 11.5 Å². The zero-order chi connectivity index (χ0) is 23.0. The molecule has 1 fully saturated rings. The molecule has 1 aliphatic rings. The number of thiazole rings is 1. The van der Waals surface area contributed by atoms with Crippen LogP contribution in [-0.4, -0.2) is 55.7 Å². The van der Waals surface area contributed by atoms with Crippen molar-refractivity contribution in [3.63, 3.8) is 0 Å². The summed E-state index contributed by atoms with van der Waals surface area (Å²) < 4.78 is 16.5. The van der Waals surface area contributed by atoms with Crippen molar-refractivity contribution in [3.8, 4) is 11.5 Å². The van der Waals surface area contributed by atoms with E-state index in [9.17, 15) is 4.79 Å². The number of carbonyl (C=O) groups is 1. The van der Waals surface area contributed by atoms with E-state index in [4.69, 9.17) is 25.8 Å². The molecule has 0 aliphatic carbocycles. The van der Waals surface area contributed by atoms with Gasteiger partial charge in [0.05, 0.1) is 26.4 Å². The monoisotopic (exact) mass is 487 g/mol. The van der Waals surface area contributed by atoms with Crippen LogP contribution in [0, 0.1) is 0 Å². The lowest BCUT2D eigenvalue weighted by Gasteiger charge is -2.35. The summed E-state index contributed by atoms with van der Waals surface area (Å²) in [5, 5.41) is 6.19. The van der Waals surface area contributed by atoms with E-state index in [1.54, 1.807) is 36.8 Å². The first-order valence-electron chi connectivity index (χ1n) is 10.7. The summed E-state index contributed by atoms with van der Waals surface area (Å²) in [4.78, 5) is 19.6. The van der Waals surface area contributed by atoms with E-state index >= 15 is 0 Å². The number of amides is 1. The van der Waals surface area contributed by atoms with Gasteiger partial charge in [-0.2, -0.15) is 0 Å². The van der Waals surface area contributed by atoms with E-state index in [1.807, 2.05) is 24.3 Å². The summed E-state index contributed by atoms with van der Waals surface area (Å²) in [6.07, 6.45) is 0. The second-order valence-electron chi connectivity index (χ2n) is 7.52. The standard InChI is InChI=1S/C24H26ClN3O4S/c1-30-19-6-2-17(3-7-19)22(28-10-12-31-13-11-28)14-26-24(29)21-16-33-23(27-21)15-32-20-8-4-18(25)5-9-20/h2-9,16,22H,10-15H2,1H3,(H,26,29). The molecule has 1 N–H and O–H groups in total. The first-order valence-corrected chi connectivity index (χ1v) is 11.9. The van der Waals surface area contributed by atoms with E-state index in [-0.39, 0.29) is 11.9 Å². The molecule has 33 heavy (non-hydrogen) atoms. The highest BCUT2D eigenvalue weighted by molar-refractivity contribution is 7.09. The summed E-state index contributed by atoms with van der Waals surface area (Å²) in [6, 6.07) is 15.1. The first kappa shape index (κ1) is 23.5. The fourth-order valence-electron chi connectivity index (χ4n) is 3.61. The number of hydrogen-bond acceptors (Lipinski definition) is 7. The van der Waals surface area contributed by atoms with Crippen LogP contribution in [0.3, 0.4) is 0 Å². The molecule has 0 radical (unpaired) electrons. The van der Waals surface area contributed by atoms with Gasteiger partial charge in [-0.25, -0.2) is 4.98 Å². The average molecular weight is 488 g/mol. The van der Waals surface area contributed by atoms with Gasteiger partial charge in [0.25, 0.3) is 5.91 Å². The molecule has 3 aromatic rings. The van der Waals surface area contributed by atoms with Gasteiger partial charge in [0.15, 0.2) is 0 Å². The van der Waals surface area contributed by atoms with Crippen LogP contribution >= 0.6 is 22.9 Å². The van der Waals surface area contributed by atoms with Gasteiger partial charge in [-0.3, -0.25) is 9.69 Å². The molecule has 9 heteroatoms. The number of aromatic nitrogens is 1. The lowest BCUT2D eigenvalue weighted by atomic mass is 10.0. The van der Waals surface area contributed by atoms with Crippen LogP contribution in [0.25, 0.3) is 0 Å². The SMILES string of the molecule is COc1ccc(C(CNC(=O)c2csc(COc3ccc(Cl)cc3)n2)N2CCOCC2)cc1. The van der Waals surface area contributed by atoms with Gasteiger partial charge in [-0.15, -0.1) is 11.3 Å². The van der Waals surface area contributed by atoms with Crippen molar-refractivity contribution < 1.29 is 19.0 Å². The minimum Gasteiger partial charge on any atom is -0.497 e. The summed E-state index contributed by atoms with van der Waals surface area (Å²) in [5.74, 6) is 1.31. The molecule has 0 saturated carbocycles. The first-order chi connectivity index (χ1) is 16.1. The molecule has 1 atom stereocenters. The van der Waals surface area contributed by atoms with Crippen LogP contribution in [-0.2, 0) is 11.3 Å². The molecule has 7 nitrogen and oxygen atoms in total. The van der Waals surface area contributed by atoms with Crippen molar-refractivity contribution >= 4 is 28.8 Å². The highest BCUT2D eigenvalue weighted by atomic mass is 35.5. The number of rotatable bonds is 9. The molecule has 0 bridgehead atoms. The fraction of sp³-hybridized carbons (Fsp3) is 0.333. The molecule has 1 saturated heterocycles. The number of halogens is 1. The van der Waals surface area contributed by atoms with Gasteiger partial charge >= 0.3 is 0 Å². The maximum atomic E-state index is 12.8. The number of nitrogens with one attached hydrogen (secondary N) is 1. The summed E-state index contributed by atoms with van der Waals surface area (Å²) in [5.41, 5.74) is 1.51. The number of hydrogen-bond donors (Lipinski definition) is 1. The lowest BCUT2D eigenvalue weighted by molar-refractivity contribution is 0.0162. The van der Waals surface area contributed by atoms with Gasteiger partial charge in [-0.05, 0) is 42.0 Å². The van der Waals surface area contributed by atoms with Crippen molar-refractivity contribution in [3.05, 3.63) is 75.2 Å². The number of ether oxygens (including phenoxy) is 3. The molecular formula is C24H26ClN3O4S. The largest absolute Gasteiger partial charge is 0.497 e. The summed E-state index contributed by atoms with van der Waals surface area (Å²) in [7, 11) is 1.65. The van der Waals surface area contributed by atoms with E-state index in [0.29, 0.717) is 42.8 Å². The van der Waals surface area contributed by atoms with Crippen LogP contribution in [0.15, 0.2) is 53.9 Å². The second-order valence-corrected chi connectivity index (χ2v) is 8.90. The van der Waals surface area contributed by atoms with E-state index < -0.39 is 0 Å². The van der Waals surface area contributed by atoms with Crippen LogP contribution in [0.2, 0.25) is 5.02 Å². The molecule has 0 spiro atoms. The Morgan fingerprint density at radius 3 is 2.55 bits per heavy atom. The third kappa shape index (κ3) is 6.45. The minimum absolute atomic E-state index is 0.0371. The Morgan fingerprint density at radius 1 is 1.15 bits per heavy atom. The molecule has 2 aromatic carbocycles. The highest BCUT2D eigenvalue weighted by Crippen LogP contribution is 2.24. The number of nitrogens with zero attached hydrogens (tertiary/aromatic N) is 2. The third-order valence-electron chi connectivity index (χ3n) is 5.40. The van der Waals surface area contributed by atoms with Gasteiger partial charge in [0, 0.05) is 30.0 Å². The minimum atomic E-state index is -0.198. The highest BCUT2D eigenvalue weighted by Gasteiger charge is 2.24. The van der Waals surface area contributed by atoms with Gasteiger partial charge in [0.1, 0.15) is 28.8 Å². The molecular weight excluding hydrogens is 462 g/mol. The Kier molecular flexibility index (Phi) is 8.17. The third-order valence-corrected chi connectivity index (χ3v) is 6.48. The fourth-order valence-corrected chi connectivity index (χ4v) is 4.42. The maximum Gasteiger partial charge on any atom is 0.270 e. The normalized spacial score (nSPS) is 15.1. The Hall–Kier alpha value is -2.65. The Bertz CT molecular complexity index is 1040. The van der Waals surface area contributed by atoms with Crippen molar-refractivity contribution in [2.24, 2.45) is 0 Å². The number of morpholine rings is 1. The predicted octanol–water partition coefficient (Wildman–Crippen LogP) is 4.19. The van der Waals surface area contributed by atoms with Gasteiger partial charge < -0.3 is 19.5 Å². The lowest BCUT2D eigenvalue weighted by Crippen LogP contribution is -2.43. The van der Waals surface area contributed by atoms with E-state index in [0.717, 1.165) is 29.4 Å². The summed E-state index contributed by atoms with van der Waals surface area (Å²) >= 11 is 7.30. The smallest absolute Gasteiger partial charge is 0.270 e. The zero-order valence-corrected chi connectivity index (χ0v) is 19.9. The Labute approximate surface area is 202 Å². The number of methoxy groups -OCH3 is 1. The van der Waals surface area contributed by atoms with E-state index in [1.165, 1.54) is 11.3 Å². The summed E-state index contributed by atoms with van der Waals surface area (Å²) in [6.45, 7) is 3.76. The predicted molar refractivity (Wildman–Crippen MR) is 128 cm³/mol. The van der Waals surface area contributed by atoms with Crippen LogP contribution in [0.4, 0.5) is 0 Å². The zero-order valence-electron chi connectivity index (χ0n) is 18.3. The molecule has 1 aromatic heterocycles. The molecule has 174 valence electrons. The van der Waals surface area contributed by atoms with Gasteiger partial charge in [-0.1, -0.05) is 23.7 Å². The van der Waals surface area contributed by atoms with Crippen LogP contribution < -0.4 is 14.8 Å². The molecule has 2 heterocycles. The van der Waals surface area contributed by atoms with Crippen molar-refractivity contribution in [2.75, 3.05) is 40.0 Å². The van der Waals surface area contributed by atoms with Crippen molar-refractivity contribution in [2.45, 2.75) is 12.6 Å². The number of benzene rings is 2. The second kappa shape index (κ2) is 11.5. The topological polar surface area (TPSA) is 72.9 Å².